The number of aliphatic hydroxyl groups excluding tert-OH is 1. The van der Waals surface area contributed by atoms with Crippen LogP contribution < -0.4 is 5.32 Å². The van der Waals surface area contributed by atoms with Crippen LogP contribution in [0.25, 0.3) is 0 Å². The lowest BCUT2D eigenvalue weighted by Crippen LogP contribution is -2.36. The molecule has 0 radical (unpaired) electrons. The topological polar surface area (TPSA) is 113 Å². The summed E-state index contributed by atoms with van der Waals surface area (Å²) < 4.78 is 0. The minimum atomic E-state index is -1.33. The van der Waals surface area contributed by atoms with Gasteiger partial charge in [-0.15, -0.1) is 0 Å². The smallest absolute Gasteiger partial charge is 0.343 e. The number of nitro benzene ring substituents is 1. The van der Waals surface area contributed by atoms with Crippen LogP contribution >= 0.6 is 0 Å². The van der Waals surface area contributed by atoms with Crippen molar-refractivity contribution < 1.29 is 19.9 Å². The zero-order valence-corrected chi connectivity index (χ0v) is 11.4. The highest BCUT2D eigenvalue weighted by atomic mass is 16.6. The van der Waals surface area contributed by atoms with Crippen molar-refractivity contribution in [3.63, 3.8) is 0 Å². The molecular formula is C13H18N2O5. The average molecular weight is 282 g/mol. The van der Waals surface area contributed by atoms with Crippen LogP contribution in [0, 0.1) is 16.0 Å². The number of hydrogen-bond acceptors (Lipinski definition) is 5. The van der Waals surface area contributed by atoms with Gasteiger partial charge in [-0.1, -0.05) is 26.0 Å². The van der Waals surface area contributed by atoms with Crippen molar-refractivity contribution in [3.8, 4) is 0 Å². The number of nitro groups is 1. The van der Waals surface area contributed by atoms with Crippen LogP contribution in [0.3, 0.4) is 0 Å². The quantitative estimate of drug-likeness (QED) is 0.514. The summed E-state index contributed by atoms with van der Waals surface area (Å²) >= 11 is 0. The number of benzene rings is 1. The summed E-state index contributed by atoms with van der Waals surface area (Å²) in [4.78, 5) is 21.4. The first-order chi connectivity index (χ1) is 9.38. The maximum absolute atomic E-state index is 11.2. The molecule has 0 bridgehead atoms. The number of aliphatic hydroxyl groups is 1. The van der Waals surface area contributed by atoms with Gasteiger partial charge in [-0.3, -0.25) is 10.1 Å². The largest absolute Gasteiger partial charge is 0.477 e. The third-order valence-electron chi connectivity index (χ3n) is 3.10. The van der Waals surface area contributed by atoms with Crippen molar-refractivity contribution in [3.05, 3.63) is 39.4 Å². The Morgan fingerprint density at radius 3 is 2.55 bits per heavy atom. The monoisotopic (exact) mass is 282 g/mol. The molecule has 0 aliphatic heterocycles. The number of nitrogens with zero attached hydrogens (tertiary/aromatic N) is 1. The summed E-state index contributed by atoms with van der Waals surface area (Å²) in [5, 5.41) is 32.2. The number of carboxylic acid groups (broad SMARTS) is 1. The second-order valence-electron chi connectivity index (χ2n) is 4.79. The minimum Gasteiger partial charge on any atom is -0.477 e. The highest BCUT2D eigenvalue weighted by molar-refractivity contribution is 5.94. The molecular weight excluding hydrogens is 264 g/mol. The maximum Gasteiger partial charge on any atom is 0.343 e. The fraction of sp³-hybridized carbons (Fsp3) is 0.462. The summed E-state index contributed by atoms with van der Waals surface area (Å²) in [5.41, 5.74) is -0.418. The Morgan fingerprint density at radius 2 is 2.10 bits per heavy atom. The van der Waals surface area contributed by atoms with E-state index in [4.69, 9.17) is 5.11 Å². The second-order valence-corrected chi connectivity index (χ2v) is 4.79. The second kappa shape index (κ2) is 6.97. The van der Waals surface area contributed by atoms with E-state index in [2.05, 4.69) is 5.32 Å². The molecule has 1 aromatic rings. The summed E-state index contributed by atoms with van der Waals surface area (Å²) in [6.45, 7) is 3.89. The van der Waals surface area contributed by atoms with Gasteiger partial charge >= 0.3 is 5.97 Å². The zero-order chi connectivity index (χ0) is 15.3. The Hall–Kier alpha value is -1.99. The average Bonchev–Trinajstić information content (AvgIpc) is 2.38. The molecule has 20 heavy (non-hydrogen) atoms. The predicted molar refractivity (Wildman–Crippen MR) is 72.6 cm³/mol. The van der Waals surface area contributed by atoms with E-state index in [1.54, 1.807) is 0 Å². The molecule has 0 fully saturated rings. The van der Waals surface area contributed by atoms with E-state index in [1.165, 1.54) is 18.2 Å². The van der Waals surface area contributed by atoms with Crippen molar-refractivity contribution in [1.29, 1.82) is 0 Å². The molecule has 1 aromatic carbocycles. The Kier molecular flexibility index (Phi) is 5.60. The van der Waals surface area contributed by atoms with Crippen LogP contribution in [0.15, 0.2) is 18.2 Å². The Morgan fingerprint density at radius 1 is 1.45 bits per heavy atom. The molecule has 110 valence electrons. The number of nitrogens with one attached hydrogen (secondary N) is 1. The molecule has 3 N–H and O–H groups in total. The van der Waals surface area contributed by atoms with Crippen LogP contribution in [-0.2, 0) is 6.54 Å². The van der Waals surface area contributed by atoms with Gasteiger partial charge in [-0.2, -0.15) is 0 Å². The van der Waals surface area contributed by atoms with E-state index < -0.39 is 16.6 Å². The molecule has 0 spiro atoms. The molecule has 1 unspecified atom stereocenters. The molecule has 0 aliphatic carbocycles. The first-order valence-corrected chi connectivity index (χ1v) is 6.22. The van der Waals surface area contributed by atoms with Gasteiger partial charge in [-0.25, -0.2) is 4.79 Å². The Labute approximate surface area is 116 Å². The lowest BCUT2D eigenvalue weighted by atomic mass is 10.0. The molecule has 0 saturated heterocycles. The van der Waals surface area contributed by atoms with Gasteiger partial charge in [0.1, 0.15) is 5.56 Å². The number of carbonyl (C=O) groups is 1. The molecule has 7 nitrogen and oxygen atoms in total. The van der Waals surface area contributed by atoms with Crippen LogP contribution in [0.4, 0.5) is 5.69 Å². The van der Waals surface area contributed by atoms with Gasteiger partial charge < -0.3 is 15.5 Å². The standard InChI is InChI=1S/C13H18N2O5/c1-8(2)10(7-16)14-6-9-4-3-5-11(15(19)20)12(9)13(17)18/h3-5,8,10,14,16H,6-7H2,1-2H3,(H,17,18). The highest BCUT2D eigenvalue weighted by Crippen LogP contribution is 2.22. The lowest BCUT2D eigenvalue weighted by molar-refractivity contribution is -0.385. The van der Waals surface area contributed by atoms with Gasteiger partial charge in [0.15, 0.2) is 0 Å². The first kappa shape index (κ1) is 16.1. The lowest BCUT2D eigenvalue weighted by Gasteiger charge is -2.20. The number of carboxylic acids is 1. The first-order valence-electron chi connectivity index (χ1n) is 6.22. The predicted octanol–water partition coefficient (Wildman–Crippen LogP) is 1.40. The minimum absolute atomic E-state index is 0.0883. The van der Waals surface area contributed by atoms with Crippen LogP contribution in [-0.4, -0.2) is 33.8 Å². The van der Waals surface area contributed by atoms with Gasteiger partial charge in [0, 0.05) is 18.7 Å². The maximum atomic E-state index is 11.2. The van der Waals surface area contributed by atoms with E-state index >= 15 is 0 Å². The van der Waals surface area contributed by atoms with Crippen molar-refractivity contribution in [2.75, 3.05) is 6.61 Å². The van der Waals surface area contributed by atoms with E-state index in [0.717, 1.165) is 0 Å². The highest BCUT2D eigenvalue weighted by Gasteiger charge is 2.23. The van der Waals surface area contributed by atoms with Crippen molar-refractivity contribution in [2.24, 2.45) is 5.92 Å². The van der Waals surface area contributed by atoms with Crippen LogP contribution in [0.2, 0.25) is 0 Å². The number of rotatable bonds is 7. The van der Waals surface area contributed by atoms with E-state index in [9.17, 15) is 20.0 Å². The third kappa shape index (κ3) is 3.75. The molecule has 0 aromatic heterocycles. The van der Waals surface area contributed by atoms with Crippen molar-refractivity contribution in [1.82, 2.24) is 5.32 Å². The van der Waals surface area contributed by atoms with Gasteiger partial charge in [0.2, 0.25) is 0 Å². The summed E-state index contributed by atoms with van der Waals surface area (Å²) in [6, 6.07) is 3.94. The SMILES string of the molecule is CC(C)C(CO)NCc1cccc([N+](=O)[O-])c1C(=O)O. The van der Waals surface area contributed by atoms with Gasteiger partial charge in [-0.05, 0) is 11.5 Å². The van der Waals surface area contributed by atoms with Crippen molar-refractivity contribution in [2.45, 2.75) is 26.4 Å². The number of hydrogen-bond donors (Lipinski definition) is 3. The molecule has 1 rings (SSSR count). The number of aromatic carboxylic acids is 1. The fourth-order valence-corrected chi connectivity index (χ4v) is 1.89. The van der Waals surface area contributed by atoms with Gasteiger partial charge in [0.25, 0.3) is 5.69 Å². The van der Waals surface area contributed by atoms with E-state index in [-0.39, 0.29) is 30.7 Å². The van der Waals surface area contributed by atoms with Gasteiger partial charge in [0.05, 0.1) is 11.5 Å². The molecule has 0 saturated carbocycles. The zero-order valence-electron chi connectivity index (χ0n) is 11.4. The van der Waals surface area contributed by atoms with E-state index in [0.29, 0.717) is 5.56 Å². The fourth-order valence-electron chi connectivity index (χ4n) is 1.89. The molecule has 0 aliphatic rings. The van der Waals surface area contributed by atoms with Crippen LogP contribution in [0.1, 0.15) is 29.8 Å². The third-order valence-corrected chi connectivity index (χ3v) is 3.10. The molecule has 0 heterocycles. The summed E-state index contributed by atoms with van der Waals surface area (Å²) in [5.74, 6) is -1.17. The van der Waals surface area contributed by atoms with Crippen LogP contribution in [0.5, 0.6) is 0 Å². The molecule has 0 amide bonds. The Bertz CT molecular complexity index is 502. The van der Waals surface area contributed by atoms with E-state index in [1.807, 2.05) is 13.8 Å². The normalized spacial score (nSPS) is 12.4. The Balaban J connectivity index is 3.03. The summed E-state index contributed by atoms with van der Waals surface area (Å²) in [7, 11) is 0. The molecule has 1 atom stereocenters. The van der Waals surface area contributed by atoms with Crippen molar-refractivity contribution >= 4 is 11.7 Å². The summed E-state index contributed by atoms with van der Waals surface area (Å²) in [6.07, 6.45) is 0. The molecule has 7 heteroatoms.